The van der Waals surface area contributed by atoms with E-state index in [4.69, 9.17) is 0 Å². The first-order valence-electron chi connectivity index (χ1n) is 7.62. The van der Waals surface area contributed by atoms with Gasteiger partial charge in [-0.3, -0.25) is 9.48 Å². The smallest absolute Gasteiger partial charge is 0.222 e. The number of hydrogen-bond donors (Lipinski definition) is 1. The lowest BCUT2D eigenvalue weighted by atomic mass is 10.1. The maximum absolute atomic E-state index is 11.3. The first kappa shape index (κ1) is 13.8. The molecule has 0 spiro atoms. The molecule has 0 radical (unpaired) electrons. The summed E-state index contributed by atoms with van der Waals surface area (Å²) in [4.78, 5) is 11.3. The fourth-order valence-electron chi connectivity index (χ4n) is 3.07. The van der Waals surface area contributed by atoms with Crippen molar-refractivity contribution in [1.29, 1.82) is 0 Å². The molecule has 1 aliphatic heterocycles. The highest BCUT2D eigenvalue weighted by atomic mass is 16.1. The molecular formula is C17H17N5O. The van der Waals surface area contributed by atoms with Crippen molar-refractivity contribution in [3.8, 4) is 17.1 Å². The quantitative estimate of drug-likeness (QED) is 0.791. The van der Waals surface area contributed by atoms with Gasteiger partial charge in [-0.05, 0) is 25.0 Å². The van der Waals surface area contributed by atoms with Crippen LogP contribution in [0.25, 0.3) is 17.1 Å². The molecule has 0 saturated carbocycles. The molecule has 1 N–H and O–H groups in total. The largest absolute Gasteiger partial charge is 0.309 e. The van der Waals surface area contributed by atoms with Gasteiger partial charge in [-0.25, -0.2) is 4.68 Å². The minimum Gasteiger partial charge on any atom is -0.309 e. The van der Waals surface area contributed by atoms with Gasteiger partial charge in [0, 0.05) is 25.1 Å². The molecule has 1 aliphatic rings. The number of fused-ring (bicyclic) bond motifs is 3. The maximum atomic E-state index is 11.3. The highest BCUT2D eigenvalue weighted by molar-refractivity contribution is 5.88. The summed E-state index contributed by atoms with van der Waals surface area (Å²) in [6.07, 6.45) is 2.81. The SMILES string of the molecule is CC(=O)Nc1cc2n(n1)CCc1cnn(-c3ccccc3C)c1-2. The number of carbonyl (C=O) groups is 1. The van der Waals surface area contributed by atoms with Gasteiger partial charge in [-0.15, -0.1) is 0 Å². The van der Waals surface area contributed by atoms with Crippen LogP contribution in [0.4, 0.5) is 5.82 Å². The van der Waals surface area contributed by atoms with Gasteiger partial charge in [-0.2, -0.15) is 10.2 Å². The van der Waals surface area contributed by atoms with Gasteiger partial charge in [0.05, 0.1) is 23.3 Å². The summed E-state index contributed by atoms with van der Waals surface area (Å²) >= 11 is 0. The summed E-state index contributed by atoms with van der Waals surface area (Å²) in [7, 11) is 0. The fraction of sp³-hybridized carbons (Fsp3) is 0.235. The van der Waals surface area contributed by atoms with Gasteiger partial charge in [0.15, 0.2) is 5.82 Å². The summed E-state index contributed by atoms with van der Waals surface area (Å²) in [5.74, 6) is 0.464. The van der Waals surface area contributed by atoms with Crippen LogP contribution in [0.1, 0.15) is 18.1 Å². The Bertz CT molecular complexity index is 906. The average Bonchev–Trinajstić information content (AvgIpc) is 3.09. The molecule has 3 heterocycles. The monoisotopic (exact) mass is 307 g/mol. The molecule has 1 amide bonds. The van der Waals surface area contributed by atoms with Gasteiger partial charge in [0.25, 0.3) is 0 Å². The van der Waals surface area contributed by atoms with E-state index in [1.807, 2.05) is 33.8 Å². The van der Waals surface area contributed by atoms with Crippen LogP contribution < -0.4 is 5.32 Å². The van der Waals surface area contributed by atoms with Gasteiger partial charge in [-0.1, -0.05) is 18.2 Å². The van der Waals surface area contributed by atoms with E-state index in [-0.39, 0.29) is 5.91 Å². The van der Waals surface area contributed by atoms with Crippen molar-refractivity contribution >= 4 is 11.7 Å². The Morgan fingerprint density at radius 2 is 2.13 bits per heavy atom. The minimum atomic E-state index is -0.118. The van der Waals surface area contributed by atoms with Gasteiger partial charge < -0.3 is 5.32 Å². The Morgan fingerprint density at radius 1 is 1.30 bits per heavy atom. The number of amides is 1. The zero-order valence-electron chi connectivity index (χ0n) is 13.1. The molecule has 1 aromatic carbocycles. The Balaban J connectivity index is 1.87. The van der Waals surface area contributed by atoms with Crippen molar-refractivity contribution in [1.82, 2.24) is 19.6 Å². The lowest BCUT2D eigenvalue weighted by molar-refractivity contribution is -0.114. The van der Waals surface area contributed by atoms with E-state index in [1.165, 1.54) is 12.5 Å². The van der Waals surface area contributed by atoms with Crippen LogP contribution in [0.2, 0.25) is 0 Å². The highest BCUT2D eigenvalue weighted by Crippen LogP contribution is 2.33. The van der Waals surface area contributed by atoms with Crippen LogP contribution in [0.3, 0.4) is 0 Å². The molecule has 23 heavy (non-hydrogen) atoms. The number of aryl methyl sites for hydroxylation is 3. The predicted octanol–water partition coefficient (Wildman–Crippen LogP) is 2.56. The summed E-state index contributed by atoms with van der Waals surface area (Å²) < 4.78 is 3.90. The first-order chi connectivity index (χ1) is 11.1. The number of nitrogens with zero attached hydrogens (tertiary/aromatic N) is 4. The van der Waals surface area contributed by atoms with Crippen LogP contribution in [0.15, 0.2) is 36.5 Å². The number of carbonyl (C=O) groups excluding carboxylic acids is 1. The van der Waals surface area contributed by atoms with Crippen molar-refractivity contribution in [2.24, 2.45) is 0 Å². The maximum Gasteiger partial charge on any atom is 0.222 e. The van der Waals surface area contributed by atoms with Crippen LogP contribution in [0.5, 0.6) is 0 Å². The molecule has 0 bridgehead atoms. The molecule has 4 rings (SSSR count). The van der Waals surface area contributed by atoms with E-state index in [0.29, 0.717) is 5.82 Å². The molecule has 3 aromatic rings. The van der Waals surface area contributed by atoms with E-state index in [9.17, 15) is 4.79 Å². The van der Waals surface area contributed by atoms with Gasteiger partial charge in [0.1, 0.15) is 0 Å². The number of aromatic nitrogens is 4. The third-order valence-electron chi connectivity index (χ3n) is 4.11. The molecule has 6 heteroatoms. The van der Waals surface area contributed by atoms with E-state index < -0.39 is 0 Å². The van der Waals surface area contributed by atoms with Crippen LogP contribution in [-0.4, -0.2) is 25.5 Å². The molecule has 116 valence electrons. The average molecular weight is 307 g/mol. The summed E-state index contributed by atoms with van der Waals surface area (Å²) in [6, 6.07) is 10.1. The lowest BCUT2D eigenvalue weighted by Gasteiger charge is -2.17. The molecular weight excluding hydrogens is 290 g/mol. The topological polar surface area (TPSA) is 64.7 Å². The van der Waals surface area contributed by atoms with E-state index >= 15 is 0 Å². The highest BCUT2D eigenvalue weighted by Gasteiger charge is 2.24. The zero-order valence-corrected chi connectivity index (χ0v) is 13.1. The van der Waals surface area contributed by atoms with Crippen LogP contribution in [-0.2, 0) is 17.8 Å². The van der Waals surface area contributed by atoms with E-state index in [2.05, 4.69) is 34.6 Å². The van der Waals surface area contributed by atoms with Crippen molar-refractivity contribution in [2.45, 2.75) is 26.8 Å². The lowest BCUT2D eigenvalue weighted by Crippen LogP contribution is -2.14. The van der Waals surface area contributed by atoms with Crippen molar-refractivity contribution < 1.29 is 4.79 Å². The Labute approximate surface area is 133 Å². The van der Waals surface area contributed by atoms with Crippen LogP contribution in [0, 0.1) is 6.92 Å². The van der Waals surface area contributed by atoms with Gasteiger partial charge >= 0.3 is 0 Å². The number of benzene rings is 1. The number of anilines is 1. The second-order valence-corrected chi connectivity index (χ2v) is 5.79. The van der Waals surface area contributed by atoms with E-state index in [0.717, 1.165) is 35.6 Å². The van der Waals surface area contributed by atoms with Crippen LogP contribution >= 0.6 is 0 Å². The normalized spacial score (nSPS) is 12.6. The summed E-state index contributed by atoms with van der Waals surface area (Å²) in [5, 5.41) is 11.8. The second kappa shape index (κ2) is 5.08. The third kappa shape index (κ3) is 2.23. The Hall–Kier alpha value is -2.89. The number of para-hydroxylation sites is 1. The standard InChI is InChI=1S/C17H17N5O/c1-11-5-3-4-6-14(11)22-17-13(10-18-22)7-8-21-15(17)9-16(20-21)19-12(2)23/h3-6,9-10H,7-8H2,1-2H3,(H,19,20,23). The molecule has 0 unspecified atom stereocenters. The molecule has 0 fully saturated rings. The predicted molar refractivity (Wildman–Crippen MR) is 87.5 cm³/mol. The first-order valence-corrected chi connectivity index (χ1v) is 7.62. The van der Waals surface area contributed by atoms with Crippen molar-refractivity contribution in [3.05, 3.63) is 47.7 Å². The molecule has 6 nitrogen and oxygen atoms in total. The van der Waals surface area contributed by atoms with Crippen molar-refractivity contribution in [3.63, 3.8) is 0 Å². The molecule has 0 atom stereocenters. The Kier molecular flexibility index (Phi) is 3.04. The molecule has 2 aromatic heterocycles. The summed E-state index contributed by atoms with van der Waals surface area (Å²) in [6.45, 7) is 4.36. The number of hydrogen-bond acceptors (Lipinski definition) is 3. The summed E-state index contributed by atoms with van der Waals surface area (Å²) in [5.41, 5.74) is 5.46. The van der Waals surface area contributed by atoms with Crippen molar-refractivity contribution in [2.75, 3.05) is 5.32 Å². The number of nitrogens with one attached hydrogen (secondary N) is 1. The molecule has 0 saturated heterocycles. The third-order valence-corrected chi connectivity index (χ3v) is 4.11. The Morgan fingerprint density at radius 3 is 2.91 bits per heavy atom. The number of rotatable bonds is 2. The molecule has 0 aliphatic carbocycles. The van der Waals surface area contributed by atoms with Gasteiger partial charge in [0.2, 0.25) is 5.91 Å². The second-order valence-electron chi connectivity index (χ2n) is 5.79. The van der Waals surface area contributed by atoms with E-state index in [1.54, 1.807) is 0 Å². The fourth-order valence-corrected chi connectivity index (χ4v) is 3.07. The minimum absolute atomic E-state index is 0.118. The zero-order chi connectivity index (χ0) is 16.0.